The van der Waals surface area contributed by atoms with E-state index in [2.05, 4.69) is 0 Å². The maximum absolute atomic E-state index is 14.4. The first kappa shape index (κ1) is 22.8. The van der Waals surface area contributed by atoms with Gasteiger partial charge in [0.15, 0.2) is 0 Å². The monoisotopic (exact) mass is 471 g/mol. The Morgan fingerprint density at radius 2 is 2.00 bits per heavy atom. The van der Waals surface area contributed by atoms with Gasteiger partial charge < -0.3 is 19.5 Å². The highest BCUT2D eigenvalue weighted by Gasteiger charge is 2.57. The van der Waals surface area contributed by atoms with Crippen molar-refractivity contribution in [1.82, 2.24) is 4.90 Å². The molecule has 2 fully saturated rings. The molecule has 3 heterocycles. The van der Waals surface area contributed by atoms with Gasteiger partial charge in [-0.1, -0.05) is 18.2 Å². The highest BCUT2D eigenvalue weighted by atomic mass is 19.1. The molecule has 2 aromatic carbocycles. The van der Waals surface area contributed by atoms with Crippen LogP contribution in [0.1, 0.15) is 61.1 Å². The minimum atomic E-state index is -0.906. The highest BCUT2D eigenvalue weighted by molar-refractivity contribution is 5.95. The second kappa shape index (κ2) is 8.34. The molecule has 1 amide bonds. The minimum Gasteiger partial charge on any atom is -0.487 e. The summed E-state index contributed by atoms with van der Waals surface area (Å²) in [4.78, 5) is 26.4. The molecule has 0 aromatic heterocycles. The SMILES string of the molecule is C[C@@]1(CCC(=O)O)Oc2ccccc2[C@@H]2OC[C@]3(CCCN3C(=O)c3ccc(F)cc3F)C[C@H]21. The van der Waals surface area contributed by atoms with E-state index >= 15 is 0 Å². The number of fused-ring (bicyclic) bond motifs is 3. The van der Waals surface area contributed by atoms with Gasteiger partial charge in [0.2, 0.25) is 0 Å². The lowest BCUT2D eigenvalue weighted by Gasteiger charge is -2.54. The summed E-state index contributed by atoms with van der Waals surface area (Å²) < 4.78 is 40.7. The highest BCUT2D eigenvalue weighted by Crippen LogP contribution is 2.55. The first-order chi connectivity index (χ1) is 16.2. The first-order valence-corrected chi connectivity index (χ1v) is 11.6. The van der Waals surface area contributed by atoms with Crippen LogP contribution in [0.5, 0.6) is 5.75 Å². The van der Waals surface area contributed by atoms with E-state index in [0.717, 1.165) is 24.1 Å². The average Bonchev–Trinajstić information content (AvgIpc) is 3.20. The van der Waals surface area contributed by atoms with Crippen LogP contribution in [0.3, 0.4) is 0 Å². The van der Waals surface area contributed by atoms with Crippen LogP contribution in [-0.2, 0) is 9.53 Å². The maximum atomic E-state index is 14.4. The predicted octanol–water partition coefficient (Wildman–Crippen LogP) is 4.73. The fourth-order valence-corrected chi connectivity index (χ4v) is 5.93. The van der Waals surface area contributed by atoms with Crippen LogP contribution in [0.4, 0.5) is 8.78 Å². The molecule has 0 unspecified atom stereocenters. The van der Waals surface area contributed by atoms with Crippen LogP contribution in [-0.4, -0.2) is 46.2 Å². The molecule has 0 bridgehead atoms. The van der Waals surface area contributed by atoms with Crippen molar-refractivity contribution in [1.29, 1.82) is 0 Å². The van der Waals surface area contributed by atoms with Crippen LogP contribution in [0.2, 0.25) is 0 Å². The Morgan fingerprint density at radius 3 is 2.76 bits per heavy atom. The molecule has 2 saturated heterocycles. The summed E-state index contributed by atoms with van der Waals surface area (Å²) in [6, 6.07) is 10.6. The fraction of sp³-hybridized carbons (Fsp3) is 0.462. The van der Waals surface area contributed by atoms with Crippen molar-refractivity contribution in [2.45, 2.75) is 56.3 Å². The third kappa shape index (κ3) is 3.74. The molecule has 180 valence electrons. The number of hydrogen-bond donors (Lipinski definition) is 1. The zero-order valence-electron chi connectivity index (χ0n) is 18.9. The molecular formula is C26H27F2NO5. The number of carbonyl (C=O) groups excluding carboxylic acids is 1. The molecule has 1 spiro atoms. The van der Waals surface area contributed by atoms with Gasteiger partial charge in [0.1, 0.15) is 23.0 Å². The predicted molar refractivity (Wildman–Crippen MR) is 119 cm³/mol. The second-order valence-corrected chi connectivity index (χ2v) is 9.80. The average molecular weight is 472 g/mol. The summed E-state index contributed by atoms with van der Waals surface area (Å²) in [7, 11) is 0. The number of aliphatic carboxylic acids is 1. The van der Waals surface area contributed by atoms with Gasteiger partial charge in [-0.05, 0) is 50.8 Å². The quantitative estimate of drug-likeness (QED) is 0.698. The second-order valence-electron chi connectivity index (χ2n) is 9.80. The van der Waals surface area contributed by atoms with Crippen LogP contribution < -0.4 is 4.74 Å². The lowest BCUT2D eigenvalue weighted by atomic mass is 9.68. The number of para-hydroxylation sites is 1. The van der Waals surface area contributed by atoms with Crippen molar-refractivity contribution in [3.8, 4) is 5.75 Å². The Kier molecular flexibility index (Phi) is 5.59. The molecule has 0 radical (unpaired) electrons. The van der Waals surface area contributed by atoms with Gasteiger partial charge in [-0.2, -0.15) is 0 Å². The summed E-state index contributed by atoms with van der Waals surface area (Å²) in [5.41, 5.74) is -0.734. The number of ether oxygens (including phenoxy) is 2. The maximum Gasteiger partial charge on any atom is 0.303 e. The van der Waals surface area contributed by atoms with Crippen molar-refractivity contribution in [3.63, 3.8) is 0 Å². The molecule has 3 aliphatic rings. The van der Waals surface area contributed by atoms with Crippen molar-refractivity contribution in [3.05, 3.63) is 65.2 Å². The van der Waals surface area contributed by atoms with Crippen LogP contribution in [0.15, 0.2) is 42.5 Å². The smallest absolute Gasteiger partial charge is 0.303 e. The summed E-state index contributed by atoms with van der Waals surface area (Å²) in [5, 5.41) is 9.34. The number of benzene rings is 2. The minimum absolute atomic E-state index is 0.0572. The fourth-order valence-electron chi connectivity index (χ4n) is 5.93. The van der Waals surface area contributed by atoms with E-state index in [1.165, 1.54) is 6.07 Å². The number of likely N-dealkylation sites (tertiary alicyclic amines) is 1. The Labute approximate surface area is 196 Å². The van der Waals surface area contributed by atoms with Gasteiger partial charge in [0.25, 0.3) is 5.91 Å². The largest absolute Gasteiger partial charge is 0.487 e. The summed E-state index contributed by atoms with van der Waals surface area (Å²) in [6.45, 7) is 2.64. The third-order valence-electron chi connectivity index (χ3n) is 7.69. The van der Waals surface area contributed by atoms with Crippen molar-refractivity contribution in [2.24, 2.45) is 5.92 Å². The Balaban J connectivity index is 1.49. The molecule has 2 aromatic rings. The molecule has 5 rings (SSSR count). The summed E-state index contributed by atoms with van der Waals surface area (Å²) in [6.07, 6.45) is 1.89. The van der Waals surface area contributed by atoms with E-state index in [-0.39, 0.29) is 37.0 Å². The first-order valence-electron chi connectivity index (χ1n) is 11.6. The zero-order valence-corrected chi connectivity index (χ0v) is 18.9. The molecule has 0 aliphatic carbocycles. The van der Waals surface area contributed by atoms with E-state index in [1.54, 1.807) is 4.90 Å². The van der Waals surface area contributed by atoms with Gasteiger partial charge in [-0.3, -0.25) is 9.59 Å². The number of carbonyl (C=O) groups is 2. The van der Waals surface area contributed by atoms with Gasteiger partial charge in [0.05, 0.1) is 23.8 Å². The van der Waals surface area contributed by atoms with E-state index in [9.17, 15) is 23.5 Å². The number of carboxylic acids is 1. The molecule has 6 nitrogen and oxygen atoms in total. The van der Waals surface area contributed by atoms with Crippen molar-refractivity contribution in [2.75, 3.05) is 13.2 Å². The molecular weight excluding hydrogens is 444 g/mol. The number of amides is 1. The number of hydrogen-bond acceptors (Lipinski definition) is 4. The van der Waals surface area contributed by atoms with Crippen LogP contribution in [0, 0.1) is 17.6 Å². The molecule has 8 heteroatoms. The molecule has 34 heavy (non-hydrogen) atoms. The number of halogens is 2. The number of rotatable bonds is 4. The Hall–Kier alpha value is -3.00. The topological polar surface area (TPSA) is 76.1 Å². The Morgan fingerprint density at radius 1 is 1.21 bits per heavy atom. The van der Waals surface area contributed by atoms with Gasteiger partial charge in [-0.25, -0.2) is 8.78 Å². The molecule has 4 atom stereocenters. The lowest BCUT2D eigenvalue weighted by molar-refractivity contribution is -0.169. The van der Waals surface area contributed by atoms with Gasteiger partial charge in [-0.15, -0.1) is 0 Å². The van der Waals surface area contributed by atoms with Gasteiger partial charge in [0, 0.05) is 30.5 Å². The summed E-state index contributed by atoms with van der Waals surface area (Å²) in [5.74, 6) is -2.54. The molecule has 0 saturated carbocycles. The lowest BCUT2D eigenvalue weighted by Crippen LogP contribution is -2.60. The van der Waals surface area contributed by atoms with Crippen molar-refractivity contribution >= 4 is 11.9 Å². The third-order valence-corrected chi connectivity index (χ3v) is 7.69. The Bertz CT molecular complexity index is 1140. The zero-order chi connectivity index (χ0) is 24.1. The van der Waals surface area contributed by atoms with E-state index in [1.807, 2.05) is 31.2 Å². The van der Waals surface area contributed by atoms with Gasteiger partial charge >= 0.3 is 5.97 Å². The molecule has 3 aliphatic heterocycles. The number of nitrogens with zero attached hydrogens (tertiary/aromatic N) is 1. The van der Waals surface area contributed by atoms with E-state index in [0.29, 0.717) is 25.1 Å². The van der Waals surface area contributed by atoms with Crippen LogP contribution in [0.25, 0.3) is 0 Å². The van der Waals surface area contributed by atoms with E-state index < -0.39 is 34.7 Å². The standard InChI is InChI=1S/C26H27F2NO5/c1-25(11-9-22(30)31)19-14-26(15-33-23(19)18-5-2-3-6-21(18)34-25)10-4-12-29(26)24(32)17-8-7-16(27)13-20(17)28/h2-3,5-8,13,19,23H,4,9-12,14-15H2,1H3,(H,30,31)/t19-,23+,25+,26+/m1/s1. The van der Waals surface area contributed by atoms with E-state index in [4.69, 9.17) is 9.47 Å². The van der Waals surface area contributed by atoms with Crippen molar-refractivity contribution < 1.29 is 33.0 Å². The number of carboxylic acid groups (broad SMARTS) is 1. The normalized spacial score (nSPS) is 29.9. The summed E-state index contributed by atoms with van der Waals surface area (Å²) >= 11 is 0. The molecule has 1 N–H and O–H groups in total. The van der Waals surface area contributed by atoms with Crippen LogP contribution >= 0.6 is 0 Å².